The van der Waals surface area contributed by atoms with Crippen molar-refractivity contribution in [3.63, 3.8) is 0 Å². The molecule has 12 heteroatoms. The van der Waals surface area contributed by atoms with Gasteiger partial charge in [-0.25, -0.2) is 26.4 Å². The molecule has 0 radical (unpaired) electrons. The number of fused-ring (bicyclic) bond motifs is 2. The molecule has 7 nitrogen and oxygen atoms in total. The largest absolute Gasteiger partial charge is 0.441 e. The molecule has 3 aliphatic rings. The first-order valence-electron chi connectivity index (χ1n) is 11.4. The Kier molecular flexibility index (Phi) is 5.98. The van der Waals surface area contributed by atoms with Crippen molar-refractivity contribution >= 4 is 39.1 Å². The Bertz CT molecular complexity index is 1360. The molecule has 2 bridgehead atoms. The number of carbonyl (C=O) groups excluding carboxylic acids is 2. The van der Waals surface area contributed by atoms with Crippen molar-refractivity contribution in [2.45, 2.75) is 41.9 Å². The summed E-state index contributed by atoms with van der Waals surface area (Å²) in [6, 6.07) is 4.92. The maximum Gasteiger partial charge on any atom is 0.407 e. The van der Waals surface area contributed by atoms with Gasteiger partial charge in [-0.1, -0.05) is 18.5 Å². The van der Waals surface area contributed by atoms with Crippen molar-refractivity contribution < 1.29 is 35.9 Å². The van der Waals surface area contributed by atoms with Gasteiger partial charge in [-0.3, -0.25) is 4.79 Å². The van der Waals surface area contributed by atoms with Gasteiger partial charge in [-0.2, -0.15) is 0 Å². The number of sulfone groups is 1. The van der Waals surface area contributed by atoms with E-state index in [1.54, 1.807) is 0 Å². The topological polar surface area (TPSA) is 102 Å². The minimum absolute atomic E-state index is 0.0632. The van der Waals surface area contributed by atoms with Gasteiger partial charge in [0.1, 0.15) is 5.60 Å². The van der Waals surface area contributed by atoms with Gasteiger partial charge in [-0.15, -0.1) is 0 Å². The third-order valence-electron chi connectivity index (χ3n) is 7.50. The van der Waals surface area contributed by atoms with Gasteiger partial charge in [0, 0.05) is 23.4 Å². The molecule has 0 aromatic heterocycles. The van der Waals surface area contributed by atoms with E-state index in [4.69, 9.17) is 16.3 Å². The summed E-state index contributed by atoms with van der Waals surface area (Å²) in [5.74, 6) is -5.96. The third-order valence-corrected chi connectivity index (χ3v) is 10.3. The minimum Gasteiger partial charge on any atom is -0.441 e. The van der Waals surface area contributed by atoms with Crippen molar-refractivity contribution in [2.24, 2.45) is 17.8 Å². The second kappa shape index (κ2) is 8.65. The summed E-state index contributed by atoms with van der Waals surface area (Å²) in [7, 11) is -4.01. The standard InChI is InChI=1S/C24H22ClF3N2O5S/c1-11-4-13-8-24(10-29-23(32)35-24)9-15(11)21(13)36(33,34)19-5-12(2-3-16(19)25)22(31)30-14-6-17(26)20(28)18(27)7-14/h2-3,5-7,11,13,15,21H,4,8-10H2,1H3,(H,29,32)(H,30,31)/t11-,13?,15?,21+,24-/m0/s1. The molecule has 1 spiro atoms. The smallest absolute Gasteiger partial charge is 0.407 e. The molecule has 1 aliphatic heterocycles. The van der Waals surface area contributed by atoms with E-state index in [1.165, 1.54) is 12.1 Å². The molecule has 3 fully saturated rings. The Morgan fingerprint density at radius 1 is 1.17 bits per heavy atom. The van der Waals surface area contributed by atoms with Gasteiger partial charge in [0.05, 0.1) is 21.7 Å². The van der Waals surface area contributed by atoms with Gasteiger partial charge in [-0.05, 0) is 55.2 Å². The number of carbonyl (C=O) groups is 2. The number of alkyl carbamates (subject to hydrolysis) is 1. The molecule has 1 heterocycles. The third kappa shape index (κ3) is 4.11. The molecule has 5 rings (SSSR count). The van der Waals surface area contributed by atoms with Crippen LogP contribution in [0.1, 0.15) is 36.5 Å². The molecule has 2 aromatic rings. The van der Waals surface area contributed by atoms with E-state index >= 15 is 0 Å². The fourth-order valence-electron chi connectivity index (χ4n) is 6.02. The van der Waals surface area contributed by atoms with E-state index in [-0.39, 0.29) is 38.9 Å². The van der Waals surface area contributed by atoms with Crippen molar-refractivity contribution in [1.82, 2.24) is 5.32 Å². The van der Waals surface area contributed by atoms with Gasteiger partial charge in [0.2, 0.25) is 0 Å². The highest BCUT2D eigenvalue weighted by atomic mass is 35.5. The fraction of sp³-hybridized carbons (Fsp3) is 0.417. The maximum atomic E-state index is 13.9. The summed E-state index contributed by atoms with van der Waals surface area (Å²) in [6.07, 6.45) is 0.932. The zero-order valence-electron chi connectivity index (χ0n) is 19.0. The molecule has 2 N–H and O–H groups in total. The monoisotopic (exact) mass is 542 g/mol. The van der Waals surface area contributed by atoms with Crippen LogP contribution in [0.5, 0.6) is 0 Å². The van der Waals surface area contributed by atoms with Gasteiger partial charge >= 0.3 is 6.09 Å². The van der Waals surface area contributed by atoms with Gasteiger partial charge < -0.3 is 15.4 Å². The van der Waals surface area contributed by atoms with E-state index in [1.807, 2.05) is 6.92 Å². The van der Waals surface area contributed by atoms with Crippen molar-refractivity contribution in [1.29, 1.82) is 0 Å². The van der Waals surface area contributed by atoms with Crippen molar-refractivity contribution in [3.8, 4) is 0 Å². The van der Waals surface area contributed by atoms with E-state index in [9.17, 15) is 31.2 Å². The molecule has 2 aliphatic carbocycles. The average molecular weight is 543 g/mol. The number of amides is 2. The minimum atomic E-state index is -4.01. The van der Waals surface area contributed by atoms with Crippen molar-refractivity contribution in [3.05, 3.63) is 58.4 Å². The van der Waals surface area contributed by atoms with E-state index in [0.717, 1.165) is 6.07 Å². The predicted molar refractivity (Wildman–Crippen MR) is 124 cm³/mol. The first-order chi connectivity index (χ1) is 16.9. The zero-order valence-corrected chi connectivity index (χ0v) is 20.6. The Hall–Kier alpha value is -2.79. The van der Waals surface area contributed by atoms with E-state index in [0.29, 0.717) is 37.9 Å². The molecule has 2 amide bonds. The van der Waals surface area contributed by atoms with Crippen LogP contribution in [0.25, 0.3) is 0 Å². The Labute approximate surface area is 210 Å². The van der Waals surface area contributed by atoms with Crippen LogP contribution in [-0.2, 0) is 14.6 Å². The average Bonchev–Trinajstić information content (AvgIpc) is 3.26. The lowest BCUT2D eigenvalue weighted by Crippen LogP contribution is -2.48. The molecule has 2 saturated carbocycles. The first kappa shape index (κ1) is 24.9. The fourth-order valence-corrected chi connectivity index (χ4v) is 8.92. The molecule has 5 atom stereocenters. The summed E-state index contributed by atoms with van der Waals surface area (Å²) < 4.78 is 73.5. The predicted octanol–water partition coefficient (Wildman–Crippen LogP) is 4.70. The van der Waals surface area contributed by atoms with Crippen LogP contribution in [0.15, 0.2) is 35.2 Å². The second-order valence-electron chi connectivity index (χ2n) is 9.83. The summed E-state index contributed by atoms with van der Waals surface area (Å²) in [5.41, 5.74) is -1.17. The number of hydrogen-bond acceptors (Lipinski definition) is 5. The summed E-state index contributed by atoms with van der Waals surface area (Å²) >= 11 is 6.28. The highest BCUT2D eigenvalue weighted by Gasteiger charge is 2.60. The zero-order chi connectivity index (χ0) is 26.0. The Balaban J connectivity index is 1.44. The molecular weight excluding hydrogens is 521 g/mol. The number of hydrogen-bond donors (Lipinski definition) is 2. The van der Waals surface area contributed by atoms with Gasteiger partial charge in [0.25, 0.3) is 5.91 Å². The Morgan fingerprint density at radius 2 is 1.86 bits per heavy atom. The number of ether oxygens (including phenoxy) is 1. The molecular formula is C24H22ClF3N2O5S. The van der Waals surface area contributed by atoms with Crippen molar-refractivity contribution in [2.75, 3.05) is 11.9 Å². The normalized spacial score (nSPS) is 29.2. The molecule has 192 valence electrons. The van der Waals surface area contributed by atoms with E-state index in [2.05, 4.69) is 10.6 Å². The van der Waals surface area contributed by atoms with Crippen LogP contribution in [-0.4, -0.2) is 37.8 Å². The lowest BCUT2D eigenvalue weighted by molar-refractivity contribution is 0.00222. The maximum absolute atomic E-state index is 13.9. The SMILES string of the molecule is C[C@H]1CC2C[C@@]3(CNC(=O)O3)CC1[C@@H]2S(=O)(=O)c1cc(C(=O)Nc2cc(F)c(F)c(F)c2)ccc1Cl. The van der Waals surface area contributed by atoms with E-state index < -0.39 is 50.1 Å². The highest BCUT2D eigenvalue weighted by Crippen LogP contribution is 2.55. The number of anilines is 1. The summed E-state index contributed by atoms with van der Waals surface area (Å²) in [5, 5.41) is 4.07. The lowest BCUT2D eigenvalue weighted by Gasteiger charge is -2.40. The summed E-state index contributed by atoms with van der Waals surface area (Å²) in [4.78, 5) is 24.2. The van der Waals surface area contributed by atoms with Crippen LogP contribution >= 0.6 is 11.6 Å². The highest BCUT2D eigenvalue weighted by molar-refractivity contribution is 7.92. The van der Waals surface area contributed by atoms with Crippen LogP contribution in [0.2, 0.25) is 5.02 Å². The summed E-state index contributed by atoms with van der Waals surface area (Å²) in [6.45, 7) is 2.31. The molecule has 2 unspecified atom stereocenters. The second-order valence-corrected chi connectivity index (χ2v) is 12.3. The first-order valence-corrected chi connectivity index (χ1v) is 13.3. The quantitative estimate of drug-likeness (QED) is 0.546. The number of halogens is 4. The number of nitrogens with one attached hydrogen (secondary N) is 2. The Morgan fingerprint density at radius 3 is 2.47 bits per heavy atom. The van der Waals surface area contributed by atoms with Crippen LogP contribution in [0.4, 0.5) is 23.7 Å². The molecule has 36 heavy (non-hydrogen) atoms. The molecule has 1 saturated heterocycles. The lowest BCUT2D eigenvalue weighted by atomic mass is 9.76. The van der Waals surface area contributed by atoms with Crippen LogP contribution < -0.4 is 10.6 Å². The van der Waals surface area contributed by atoms with Crippen LogP contribution in [0.3, 0.4) is 0 Å². The van der Waals surface area contributed by atoms with Crippen LogP contribution in [0, 0.1) is 35.2 Å². The molecule has 2 aromatic carbocycles. The number of benzene rings is 2. The number of rotatable bonds is 4. The van der Waals surface area contributed by atoms with Gasteiger partial charge in [0.15, 0.2) is 27.3 Å².